The number of carbonyl (C=O) groups excluding carboxylic acids is 1. The molecule has 1 saturated heterocycles. The summed E-state index contributed by atoms with van der Waals surface area (Å²) in [6, 6.07) is 5.11. The molecular formula is C16H16ClNO4. The van der Waals surface area contributed by atoms with Crippen LogP contribution in [0.5, 0.6) is 0 Å². The van der Waals surface area contributed by atoms with Gasteiger partial charge in [-0.05, 0) is 25.8 Å². The van der Waals surface area contributed by atoms with Gasteiger partial charge in [0.05, 0.1) is 11.4 Å². The van der Waals surface area contributed by atoms with Gasteiger partial charge in [0.15, 0.2) is 11.3 Å². The number of carboxylic acid groups (broad SMARTS) is 1. The van der Waals surface area contributed by atoms with E-state index in [1.807, 2.05) is 19.1 Å². The first-order valence-corrected chi connectivity index (χ1v) is 7.57. The Labute approximate surface area is 132 Å². The van der Waals surface area contributed by atoms with E-state index in [0.29, 0.717) is 23.6 Å². The van der Waals surface area contributed by atoms with Gasteiger partial charge in [-0.25, -0.2) is 0 Å². The third kappa shape index (κ3) is 2.46. The first-order valence-electron chi connectivity index (χ1n) is 7.19. The van der Waals surface area contributed by atoms with Gasteiger partial charge in [-0.1, -0.05) is 23.7 Å². The van der Waals surface area contributed by atoms with Crippen LogP contribution in [0.1, 0.15) is 35.4 Å². The van der Waals surface area contributed by atoms with Crippen molar-refractivity contribution in [3.05, 3.63) is 34.5 Å². The molecule has 0 spiro atoms. The van der Waals surface area contributed by atoms with Crippen molar-refractivity contribution in [2.45, 2.75) is 32.2 Å². The van der Waals surface area contributed by atoms with E-state index >= 15 is 0 Å². The van der Waals surface area contributed by atoms with Crippen molar-refractivity contribution in [1.82, 2.24) is 4.90 Å². The molecule has 1 aliphatic heterocycles. The number of para-hydroxylation sites is 1. The summed E-state index contributed by atoms with van der Waals surface area (Å²) in [5.74, 6) is -0.900. The fraction of sp³-hybridized carbons (Fsp3) is 0.375. The molecular weight excluding hydrogens is 306 g/mol. The second-order valence-electron chi connectivity index (χ2n) is 5.57. The monoisotopic (exact) mass is 321 g/mol. The summed E-state index contributed by atoms with van der Waals surface area (Å²) in [4.78, 5) is 25.3. The van der Waals surface area contributed by atoms with Crippen LogP contribution in [0, 0.1) is 6.92 Å². The molecule has 0 aliphatic carbocycles. The molecule has 0 saturated carbocycles. The quantitative estimate of drug-likeness (QED) is 0.939. The number of amides is 1. The van der Waals surface area contributed by atoms with Crippen molar-refractivity contribution < 1.29 is 19.1 Å². The molecule has 0 bridgehead atoms. The fourth-order valence-electron chi connectivity index (χ4n) is 3.06. The number of hydrogen-bond acceptors (Lipinski definition) is 3. The number of aliphatic carboxylic acids is 1. The Morgan fingerprint density at radius 2 is 2.23 bits per heavy atom. The molecule has 2 heterocycles. The molecule has 1 amide bonds. The van der Waals surface area contributed by atoms with Gasteiger partial charge in [0.1, 0.15) is 0 Å². The van der Waals surface area contributed by atoms with Gasteiger partial charge in [0.25, 0.3) is 5.91 Å². The van der Waals surface area contributed by atoms with Crippen LogP contribution >= 0.6 is 11.6 Å². The van der Waals surface area contributed by atoms with E-state index in [9.17, 15) is 9.59 Å². The maximum Gasteiger partial charge on any atom is 0.305 e. The number of likely N-dealkylation sites (tertiary alicyclic amines) is 1. The van der Waals surface area contributed by atoms with Gasteiger partial charge in [-0.2, -0.15) is 0 Å². The number of carboxylic acids is 1. The lowest BCUT2D eigenvalue weighted by Gasteiger charge is -2.22. The predicted octanol–water partition coefficient (Wildman–Crippen LogP) is 3.47. The van der Waals surface area contributed by atoms with Crippen LogP contribution in [-0.2, 0) is 4.79 Å². The van der Waals surface area contributed by atoms with Crippen molar-refractivity contribution in [2.24, 2.45) is 0 Å². The Morgan fingerprint density at radius 3 is 2.91 bits per heavy atom. The van der Waals surface area contributed by atoms with Crippen LogP contribution < -0.4 is 0 Å². The van der Waals surface area contributed by atoms with Gasteiger partial charge in [-0.15, -0.1) is 0 Å². The van der Waals surface area contributed by atoms with Crippen LogP contribution in [0.25, 0.3) is 11.0 Å². The zero-order chi connectivity index (χ0) is 15.9. The maximum atomic E-state index is 12.7. The minimum Gasteiger partial charge on any atom is -0.481 e. The molecule has 22 heavy (non-hydrogen) atoms. The highest BCUT2D eigenvalue weighted by molar-refractivity contribution is 6.35. The summed E-state index contributed by atoms with van der Waals surface area (Å²) in [6.45, 7) is 2.37. The van der Waals surface area contributed by atoms with E-state index < -0.39 is 5.97 Å². The van der Waals surface area contributed by atoms with Crippen molar-refractivity contribution in [3.63, 3.8) is 0 Å². The second kappa shape index (κ2) is 5.65. The van der Waals surface area contributed by atoms with Crippen molar-refractivity contribution in [3.8, 4) is 0 Å². The summed E-state index contributed by atoms with van der Waals surface area (Å²) >= 11 is 6.11. The number of fused-ring (bicyclic) bond motifs is 1. The van der Waals surface area contributed by atoms with E-state index in [-0.39, 0.29) is 24.1 Å². The minimum atomic E-state index is -0.894. The molecule has 1 N–H and O–H groups in total. The van der Waals surface area contributed by atoms with E-state index in [1.54, 1.807) is 11.0 Å². The fourth-order valence-corrected chi connectivity index (χ4v) is 3.27. The average Bonchev–Trinajstić information content (AvgIpc) is 3.04. The topological polar surface area (TPSA) is 70.8 Å². The van der Waals surface area contributed by atoms with Crippen molar-refractivity contribution in [2.75, 3.05) is 6.54 Å². The Morgan fingerprint density at radius 1 is 1.45 bits per heavy atom. The highest BCUT2D eigenvalue weighted by atomic mass is 35.5. The van der Waals surface area contributed by atoms with E-state index in [2.05, 4.69) is 0 Å². The lowest BCUT2D eigenvalue weighted by atomic mass is 10.1. The van der Waals surface area contributed by atoms with Crippen LogP contribution in [-0.4, -0.2) is 34.5 Å². The largest absolute Gasteiger partial charge is 0.481 e. The molecule has 1 aromatic heterocycles. The van der Waals surface area contributed by atoms with Gasteiger partial charge in [-0.3, -0.25) is 9.59 Å². The summed E-state index contributed by atoms with van der Waals surface area (Å²) < 4.78 is 5.69. The van der Waals surface area contributed by atoms with Crippen molar-refractivity contribution >= 4 is 34.4 Å². The van der Waals surface area contributed by atoms with E-state index in [4.69, 9.17) is 21.1 Å². The number of hydrogen-bond donors (Lipinski definition) is 1. The first-order chi connectivity index (χ1) is 10.5. The molecule has 2 aromatic rings. The van der Waals surface area contributed by atoms with Crippen LogP contribution in [0.15, 0.2) is 22.6 Å². The molecule has 3 rings (SSSR count). The van der Waals surface area contributed by atoms with Crippen LogP contribution in [0.4, 0.5) is 0 Å². The zero-order valence-corrected chi connectivity index (χ0v) is 12.9. The van der Waals surface area contributed by atoms with Gasteiger partial charge >= 0.3 is 5.97 Å². The summed E-state index contributed by atoms with van der Waals surface area (Å²) in [6.07, 6.45) is 1.48. The number of nitrogens with zero attached hydrogens (tertiary/aromatic N) is 1. The second-order valence-corrected chi connectivity index (χ2v) is 5.97. The zero-order valence-electron chi connectivity index (χ0n) is 12.1. The standard InChI is InChI=1S/C16H16ClNO4/c1-9-11-5-2-6-12(17)15(11)22-14(9)16(21)18-7-3-4-10(18)8-13(19)20/h2,5-6,10H,3-4,7-8H2,1H3,(H,19,20). The normalized spacial score (nSPS) is 18.1. The molecule has 1 aromatic carbocycles. The molecule has 1 fully saturated rings. The molecule has 1 atom stereocenters. The number of benzene rings is 1. The number of carbonyl (C=O) groups is 2. The molecule has 1 unspecified atom stereocenters. The highest BCUT2D eigenvalue weighted by Gasteiger charge is 2.33. The number of halogens is 1. The first kappa shape index (κ1) is 14.9. The lowest BCUT2D eigenvalue weighted by Crippen LogP contribution is -2.36. The van der Waals surface area contributed by atoms with Gasteiger partial charge < -0.3 is 14.4 Å². The van der Waals surface area contributed by atoms with Gasteiger partial charge in [0, 0.05) is 23.5 Å². The molecule has 1 aliphatic rings. The third-order valence-corrected chi connectivity index (χ3v) is 4.46. The number of aryl methyl sites for hydroxylation is 1. The van der Waals surface area contributed by atoms with E-state index in [0.717, 1.165) is 17.4 Å². The Bertz CT molecular complexity index is 752. The smallest absolute Gasteiger partial charge is 0.305 e. The Hall–Kier alpha value is -2.01. The summed E-state index contributed by atoms with van der Waals surface area (Å²) in [5.41, 5.74) is 1.24. The Kier molecular flexibility index (Phi) is 3.83. The molecule has 5 nitrogen and oxygen atoms in total. The van der Waals surface area contributed by atoms with E-state index in [1.165, 1.54) is 0 Å². The maximum absolute atomic E-state index is 12.7. The van der Waals surface area contributed by atoms with Crippen LogP contribution in [0.2, 0.25) is 5.02 Å². The summed E-state index contributed by atoms with van der Waals surface area (Å²) in [7, 11) is 0. The molecule has 6 heteroatoms. The SMILES string of the molecule is Cc1c(C(=O)N2CCCC2CC(=O)O)oc2c(Cl)cccc12. The lowest BCUT2D eigenvalue weighted by molar-refractivity contribution is -0.137. The Balaban J connectivity index is 1.97. The predicted molar refractivity (Wildman–Crippen MR) is 82.3 cm³/mol. The third-order valence-electron chi connectivity index (χ3n) is 4.16. The molecule has 0 radical (unpaired) electrons. The van der Waals surface area contributed by atoms with Crippen molar-refractivity contribution in [1.29, 1.82) is 0 Å². The minimum absolute atomic E-state index is 0.0359. The highest BCUT2D eigenvalue weighted by Crippen LogP contribution is 2.32. The number of furan rings is 1. The molecule has 116 valence electrons. The average molecular weight is 322 g/mol. The van der Waals surface area contributed by atoms with Gasteiger partial charge in [0.2, 0.25) is 0 Å². The number of rotatable bonds is 3. The summed E-state index contributed by atoms with van der Waals surface area (Å²) in [5, 5.41) is 10.2. The van der Waals surface area contributed by atoms with Crippen LogP contribution in [0.3, 0.4) is 0 Å².